The lowest BCUT2D eigenvalue weighted by atomic mass is 10.0. The molecule has 1 aromatic carbocycles. The minimum absolute atomic E-state index is 0.696. The van der Waals surface area contributed by atoms with Gasteiger partial charge in [-0.05, 0) is 45.5 Å². The van der Waals surface area contributed by atoms with Gasteiger partial charge in [0.05, 0.1) is 11.2 Å². The SMILES string of the molecule is CCN(Cc1nn(CC)c2ccccc12)C1CCNCC1. The van der Waals surface area contributed by atoms with Crippen LogP contribution in [-0.2, 0) is 13.1 Å². The third-order valence-corrected chi connectivity index (χ3v) is 4.62. The first-order chi connectivity index (χ1) is 10.3. The van der Waals surface area contributed by atoms with Crippen LogP contribution in [0.1, 0.15) is 32.4 Å². The van der Waals surface area contributed by atoms with Crippen molar-refractivity contribution in [3.63, 3.8) is 0 Å². The van der Waals surface area contributed by atoms with E-state index in [0.29, 0.717) is 6.04 Å². The predicted molar refractivity (Wildman–Crippen MR) is 87.4 cm³/mol. The molecule has 1 aliphatic rings. The standard InChI is InChI=1S/C17H26N4/c1-3-20(14-9-11-18-12-10-14)13-16-15-7-5-6-8-17(15)21(4-2)19-16/h5-8,14,18H,3-4,9-13H2,1-2H3. The molecule has 4 nitrogen and oxygen atoms in total. The maximum atomic E-state index is 4.85. The molecule has 0 amide bonds. The quantitative estimate of drug-likeness (QED) is 0.917. The Hall–Kier alpha value is -1.39. The highest BCUT2D eigenvalue weighted by Crippen LogP contribution is 2.22. The van der Waals surface area contributed by atoms with Crippen molar-refractivity contribution in [1.29, 1.82) is 0 Å². The van der Waals surface area contributed by atoms with Gasteiger partial charge in [-0.2, -0.15) is 5.10 Å². The highest BCUT2D eigenvalue weighted by atomic mass is 15.3. The van der Waals surface area contributed by atoms with E-state index in [0.717, 1.165) is 32.7 Å². The Bertz CT molecular complexity index is 583. The van der Waals surface area contributed by atoms with Crippen LogP contribution in [-0.4, -0.2) is 40.4 Å². The summed E-state index contributed by atoms with van der Waals surface area (Å²) in [5.74, 6) is 0. The molecule has 0 radical (unpaired) electrons. The smallest absolute Gasteiger partial charge is 0.0843 e. The number of fused-ring (bicyclic) bond motifs is 1. The lowest BCUT2D eigenvalue weighted by Gasteiger charge is -2.33. The van der Waals surface area contributed by atoms with Crippen LogP contribution in [0.25, 0.3) is 10.9 Å². The van der Waals surface area contributed by atoms with Crippen molar-refractivity contribution in [2.45, 2.75) is 45.8 Å². The summed E-state index contributed by atoms with van der Waals surface area (Å²) in [6, 6.07) is 9.30. The number of hydrogen-bond donors (Lipinski definition) is 1. The van der Waals surface area contributed by atoms with Crippen molar-refractivity contribution in [2.75, 3.05) is 19.6 Å². The number of hydrogen-bond acceptors (Lipinski definition) is 3. The number of aromatic nitrogens is 2. The van der Waals surface area contributed by atoms with Crippen molar-refractivity contribution in [1.82, 2.24) is 20.0 Å². The lowest BCUT2D eigenvalue weighted by molar-refractivity contribution is 0.160. The maximum Gasteiger partial charge on any atom is 0.0843 e. The minimum Gasteiger partial charge on any atom is -0.317 e. The highest BCUT2D eigenvalue weighted by molar-refractivity contribution is 5.81. The minimum atomic E-state index is 0.696. The van der Waals surface area contributed by atoms with E-state index in [1.165, 1.54) is 29.4 Å². The molecule has 1 N–H and O–H groups in total. The van der Waals surface area contributed by atoms with E-state index in [1.54, 1.807) is 0 Å². The molecule has 0 bridgehead atoms. The van der Waals surface area contributed by atoms with E-state index in [-0.39, 0.29) is 0 Å². The fourth-order valence-electron chi connectivity index (χ4n) is 3.42. The zero-order valence-electron chi connectivity index (χ0n) is 13.2. The molecule has 0 spiro atoms. The van der Waals surface area contributed by atoms with E-state index < -0.39 is 0 Å². The van der Waals surface area contributed by atoms with Gasteiger partial charge in [-0.1, -0.05) is 25.1 Å². The van der Waals surface area contributed by atoms with Crippen LogP contribution in [0, 0.1) is 0 Å². The predicted octanol–water partition coefficient (Wildman–Crippen LogP) is 2.63. The fraction of sp³-hybridized carbons (Fsp3) is 0.588. The third kappa shape index (κ3) is 2.97. The zero-order valence-corrected chi connectivity index (χ0v) is 13.2. The van der Waals surface area contributed by atoms with Crippen molar-refractivity contribution in [3.8, 4) is 0 Å². The number of para-hydroxylation sites is 1. The lowest BCUT2D eigenvalue weighted by Crippen LogP contribution is -2.42. The molecule has 0 unspecified atom stereocenters. The fourth-order valence-corrected chi connectivity index (χ4v) is 3.42. The van der Waals surface area contributed by atoms with Crippen LogP contribution in [0.15, 0.2) is 24.3 Å². The number of aryl methyl sites for hydroxylation is 1. The Labute approximate surface area is 127 Å². The molecule has 114 valence electrons. The normalized spacial score (nSPS) is 16.9. The van der Waals surface area contributed by atoms with Crippen molar-refractivity contribution in [3.05, 3.63) is 30.0 Å². The molecule has 0 saturated carbocycles. The Balaban J connectivity index is 1.85. The van der Waals surface area contributed by atoms with Crippen molar-refractivity contribution >= 4 is 10.9 Å². The Morgan fingerprint density at radius 3 is 2.71 bits per heavy atom. The summed E-state index contributed by atoms with van der Waals surface area (Å²) in [4.78, 5) is 2.59. The molecule has 3 rings (SSSR count). The molecule has 1 saturated heterocycles. The summed E-state index contributed by atoms with van der Waals surface area (Å²) in [5.41, 5.74) is 2.49. The number of benzene rings is 1. The first kappa shape index (κ1) is 14.5. The second-order valence-corrected chi connectivity index (χ2v) is 5.82. The molecule has 4 heteroatoms. The summed E-state index contributed by atoms with van der Waals surface area (Å²) in [6.45, 7) is 9.71. The average molecular weight is 286 g/mol. The van der Waals surface area contributed by atoms with Gasteiger partial charge in [0.25, 0.3) is 0 Å². The molecule has 2 heterocycles. The number of nitrogens with zero attached hydrogens (tertiary/aromatic N) is 3. The number of nitrogens with one attached hydrogen (secondary N) is 1. The van der Waals surface area contributed by atoms with Gasteiger partial charge in [0.15, 0.2) is 0 Å². The zero-order chi connectivity index (χ0) is 14.7. The molecule has 1 aromatic heterocycles. The average Bonchev–Trinajstić information content (AvgIpc) is 2.91. The molecule has 1 aliphatic heterocycles. The molecule has 21 heavy (non-hydrogen) atoms. The Morgan fingerprint density at radius 2 is 2.00 bits per heavy atom. The molecule has 0 atom stereocenters. The van der Waals surface area contributed by atoms with Crippen LogP contribution in [0.5, 0.6) is 0 Å². The van der Waals surface area contributed by atoms with Crippen LogP contribution in [0.3, 0.4) is 0 Å². The van der Waals surface area contributed by atoms with E-state index in [1.807, 2.05) is 0 Å². The third-order valence-electron chi connectivity index (χ3n) is 4.62. The van der Waals surface area contributed by atoms with Crippen molar-refractivity contribution in [2.24, 2.45) is 0 Å². The Morgan fingerprint density at radius 1 is 1.24 bits per heavy atom. The van der Waals surface area contributed by atoms with Gasteiger partial charge in [0.2, 0.25) is 0 Å². The first-order valence-corrected chi connectivity index (χ1v) is 8.22. The van der Waals surface area contributed by atoms with Gasteiger partial charge in [0, 0.05) is 24.5 Å². The molecule has 0 aliphatic carbocycles. The Kier molecular flexibility index (Phi) is 4.56. The topological polar surface area (TPSA) is 33.1 Å². The van der Waals surface area contributed by atoms with Gasteiger partial charge >= 0.3 is 0 Å². The van der Waals surface area contributed by atoms with Crippen LogP contribution >= 0.6 is 0 Å². The second-order valence-electron chi connectivity index (χ2n) is 5.82. The molecular weight excluding hydrogens is 260 g/mol. The molecule has 1 fully saturated rings. The van der Waals surface area contributed by atoms with Gasteiger partial charge in [0.1, 0.15) is 0 Å². The largest absolute Gasteiger partial charge is 0.317 e. The van der Waals surface area contributed by atoms with Crippen LogP contribution in [0.4, 0.5) is 0 Å². The summed E-state index contributed by atoms with van der Waals surface area (Å²) in [5, 5.41) is 9.62. The molecule has 2 aromatic rings. The van der Waals surface area contributed by atoms with E-state index in [9.17, 15) is 0 Å². The summed E-state index contributed by atoms with van der Waals surface area (Å²) in [6.07, 6.45) is 2.50. The van der Waals surface area contributed by atoms with Gasteiger partial charge in [-0.15, -0.1) is 0 Å². The number of piperidine rings is 1. The van der Waals surface area contributed by atoms with E-state index in [4.69, 9.17) is 5.10 Å². The highest BCUT2D eigenvalue weighted by Gasteiger charge is 2.21. The summed E-state index contributed by atoms with van der Waals surface area (Å²) < 4.78 is 2.13. The summed E-state index contributed by atoms with van der Waals surface area (Å²) in [7, 11) is 0. The second kappa shape index (κ2) is 6.58. The number of rotatable bonds is 5. The van der Waals surface area contributed by atoms with E-state index >= 15 is 0 Å². The van der Waals surface area contributed by atoms with Gasteiger partial charge in [-0.3, -0.25) is 9.58 Å². The van der Waals surface area contributed by atoms with Gasteiger partial charge in [-0.25, -0.2) is 0 Å². The molecular formula is C17H26N4. The van der Waals surface area contributed by atoms with Gasteiger partial charge < -0.3 is 5.32 Å². The van der Waals surface area contributed by atoms with E-state index in [2.05, 4.69) is 53.0 Å². The van der Waals surface area contributed by atoms with Crippen LogP contribution in [0.2, 0.25) is 0 Å². The maximum absolute atomic E-state index is 4.85. The van der Waals surface area contributed by atoms with Crippen LogP contribution < -0.4 is 5.32 Å². The van der Waals surface area contributed by atoms with Crippen molar-refractivity contribution < 1.29 is 0 Å². The summed E-state index contributed by atoms with van der Waals surface area (Å²) >= 11 is 0. The first-order valence-electron chi connectivity index (χ1n) is 8.22. The monoisotopic (exact) mass is 286 g/mol.